The van der Waals surface area contributed by atoms with E-state index in [4.69, 9.17) is 10.5 Å². The van der Waals surface area contributed by atoms with Crippen molar-refractivity contribution < 1.29 is 9.53 Å². The van der Waals surface area contributed by atoms with E-state index in [-0.39, 0.29) is 18.3 Å². The molecule has 2 N–H and O–H groups in total. The lowest BCUT2D eigenvalue weighted by Gasteiger charge is -2.36. The van der Waals surface area contributed by atoms with Crippen molar-refractivity contribution in [3.63, 3.8) is 0 Å². The molecular weight excluding hydrogens is 290 g/mol. The van der Waals surface area contributed by atoms with Crippen molar-refractivity contribution in [3.05, 3.63) is 0 Å². The Kier molecular flexibility index (Phi) is 7.95. The van der Waals surface area contributed by atoms with E-state index in [9.17, 15) is 4.79 Å². The molecule has 0 unspecified atom stereocenters. The summed E-state index contributed by atoms with van der Waals surface area (Å²) in [5.41, 5.74) is 5.79. The average Bonchev–Trinajstić information content (AvgIpc) is 2.70. The lowest BCUT2D eigenvalue weighted by atomic mass is 9.81. The molecule has 0 bridgehead atoms. The van der Waals surface area contributed by atoms with Gasteiger partial charge in [-0.05, 0) is 25.8 Å². The molecule has 1 aliphatic carbocycles. The minimum atomic E-state index is -0.583. The molecule has 0 atom stereocenters. The molecule has 0 spiro atoms. The fraction of sp³-hybridized carbons (Fsp3) is 0.933. The van der Waals surface area contributed by atoms with E-state index in [1.54, 1.807) is 7.11 Å². The van der Waals surface area contributed by atoms with Gasteiger partial charge in [-0.25, -0.2) is 0 Å². The number of nitrogens with two attached hydrogens (primary N) is 1. The third-order valence-corrected chi connectivity index (χ3v) is 4.66. The smallest absolute Gasteiger partial charge is 0.242 e. The van der Waals surface area contributed by atoms with Crippen LogP contribution in [-0.2, 0) is 9.53 Å². The third kappa shape index (κ3) is 5.09. The molecule has 0 aromatic carbocycles. The second kappa shape index (κ2) is 8.93. The quantitative estimate of drug-likeness (QED) is 0.847. The van der Waals surface area contributed by atoms with Gasteiger partial charge in [0.2, 0.25) is 5.91 Å². The van der Waals surface area contributed by atoms with Crippen molar-refractivity contribution >= 4 is 18.3 Å². The van der Waals surface area contributed by atoms with E-state index in [1.807, 2.05) is 4.90 Å². The molecule has 21 heavy (non-hydrogen) atoms. The van der Waals surface area contributed by atoms with Crippen molar-refractivity contribution in [1.29, 1.82) is 0 Å². The molecule has 1 saturated carbocycles. The van der Waals surface area contributed by atoms with Crippen LogP contribution in [0.15, 0.2) is 0 Å². The SMILES string of the molecule is COCCN1CCCN(C(=O)C2(N)CCCCC2)CC1.Cl. The van der Waals surface area contributed by atoms with Crippen molar-refractivity contribution in [1.82, 2.24) is 9.80 Å². The van der Waals surface area contributed by atoms with E-state index < -0.39 is 5.54 Å². The number of carbonyl (C=O) groups excluding carboxylic acids is 1. The summed E-state index contributed by atoms with van der Waals surface area (Å²) in [4.78, 5) is 17.1. The van der Waals surface area contributed by atoms with Crippen LogP contribution in [0.5, 0.6) is 0 Å². The summed E-state index contributed by atoms with van der Waals surface area (Å²) >= 11 is 0. The average molecular weight is 320 g/mol. The van der Waals surface area contributed by atoms with Crippen LogP contribution in [0.3, 0.4) is 0 Å². The Balaban J connectivity index is 0.00000220. The Morgan fingerprint density at radius 3 is 2.48 bits per heavy atom. The highest BCUT2D eigenvalue weighted by Gasteiger charge is 2.38. The van der Waals surface area contributed by atoms with Crippen molar-refractivity contribution in [2.75, 3.05) is 46.4 Å². The van der Waals surface area contributed by atoms with Gasteiger partial charge >= 0.3 is 0 Å². The molecule has 0 aromatic rings. The molecule has 2 aliphatic rings. The summed E-state index contributed by atoms with van der Waals surface area (Å²) in [5.74, 6) is 0.186. The van der Waals surface area contributed by atoms with E-state index in [2.05, 4.69) is 4.90 Å². The highest BCUT2D eigenvalue weighted by atomic mass is 35.5. The van der Waals surface area contributed by atoms with Gasteiger partial charge in [0.1, 0.15) is 0 Å². The Morgan fingerprint density at radius 1 is 1.10 bits per heavy atom. The minimum absolute atomic E-state index is 0. The zero-order chi connectivity index (χ0) is 14.4. The van der Waals surface area contributed by atoms with Crippen LogP contribution in [-0.4, -0.2) is 67.7 Å². The van der Waals surface area contributed by atoms with Crippen LogP contribution in [0.2, 0.25) is 0 Å². The fourth-order valence-corrected chi connectivity index (χ4v) is 3.33. The highest BCUT2D eigenvalue weighted by Crippen LogP contribution is 2.28. The summed E-state index contributed by atoms with van der Waals surface area (Å²) in [6.45, 7) is 5.35. The molecule has 5 nitrogen and oxygen atoms in total. The fourth-order valence-electron chi connectivity index (χ4n) is 3.33. The van der Waals surface area contributed by atoms with Crippen molar-refractivity contribution in [3.8, 4) is 0 Å². The highest BCUT2D eigenvalue weighted by molar-refractivity contribution is 5.86. The van der Waals surface area contributed by atoms with Crippen LogP contribution in [0.1, 0.15) is 38.5 Å². The Labute approximate surface area is 134 Å². The Hall–Kier alpha value is -0.360. The number of amides is 1. The van der Waals surface area contributed by atoms with E-state index >= 15 is 0 Å². The number of hydrogen-bond acceptors (Lipinski definition) is 4. The predicted molar refractivity (Wildman–Crippen MR) is 86.8 cm³/mol. The van der Waals surface area contributed by atoms with Crippen LogP contribution in [0.25, 0.3) is 0 Å². The standard InChI is InChI=1S/C15H29N3O2.ClH/c1-20-13-12-17-8-5-9-18(11-10-17)14(19)15(16)6-3-2-4-7-15;/h2-13,16H2,1H3;1H. The first-order valence-electron chi connectivity index (χ1n) is 7.95. The monoisotopic (exact) mass is 319 g/mol. The first-order chi connectivity index (χ1) is 9.65. The number of halogens is 1. The minimum Gasteiger partial charge on any atom is -0.383 e. The summed E-state index contributed by atoms with van der Waals surface area (Å²) in [6.07, 6.45) is 6.15. The zero-order valence-electron chi connectivity index (χ0n) is 13.2. The maximum Gasteiger partial charge on any atom is 0.242 e. The number of carbonyl (C=O) groups is 1. The largest absolute Gasteiger partial charge is 0.383 e. The predicted octanol–water partition coefficient (Wildman–Crippen LogP) is 1.25. The lowest BCUT2D eigenvalue weighted by molar-refractivity contribution is -0.138. The van der Waals surface area contributed by atoms with Crippen LogP contribution in [0, 0.1) is 0 Å². The number of rotatable bonds is 4. The summed E-state index contributed by atoms with van der Waals surface area (Å²) < 4.78 is 5.13. The van der Waals surface area contributed by atoms with Gasteiger partial charge < -0.3 is 15.4 Å². The van der Waals surface area contributed by atoms with Gasteiger partial charge in [-0.1, -0.05) is 19.3 Å². The first-order valence-corrected chi connectivity index (χ1v) is 7.95. The molecular formula is C15H30ClN3O2. The third-order valence-electron chi connectivity index (χ3n) is 4.66. The Morgan fingerprint density at radius 2 is 1.81 bits per heavy atom. The van der Waals surface area contributed by atoms with Gasteiger partial charge in [-0.2, -0.15) is 0 Å². The van der Waals surface area contributed by atoms with Gasteiger partial charge in [0.05, 0.1) is 12.1 Å². The first kappa shape index (κ1) is 18.7. The molecule has 1 heterocycles. The summed E-state index contributed by atoms with van der Waals surface area (Å²) in [5, 5.41) is 0. The molecule has 1 saturated heterocycles. The van der Waals surface area contributed by atoms with E-state index in [0.717, 1.165) is 71.4 Å². The zero-order valence-corrected chi connectivity index (χ0v) is 14.0. The number of hydrogen-bond donors (Lipinski definition) is 1. The second-order valence-electron chi connectivity index (χ2n) is 6.20. The molecule has 1 aliphatic heterocycles. The van der Waals surface area contributed by atoms with Crippen molar-refractivity contribution in [2.45, 2.75) is 44.1 Å². The van der Waals surface area contributed by atoms with Crippen molar-refractivity contribution in [2.24, 2.45) is 5.73 Å². The summed E-state index contributed by atoms with van der Waals surface area (Å²) in [6, 6.07) is 0. The second-order valence-corrected chi connectivity index (χ2v) is 6.20. The van der Waals surface area contributed by atoms with Gasteiger partial charge in [-0.3, -0.25) is 9.69 Å². The van der Waals surface area contributed by atoms with Crippen LogP contribution >= 0.6 is 12.4 Å². The lowest BCUT2D eigenvalue weighted by Crippen LogP contribution is -2.56. The molecule has 6 heteroatoms. The molecule has 0 radical (unpaired) electrons. The summed E-state index contributed by atoms with van der Waals surface area (Å²) in [7, 11) is 1.73. The van der Waals surface area contributed by atoms with E-state index in [1.165, 1.54) is 6.42 Å². The topological polar surface area (TPSA) is 58.8 Å². The number of methoxy groups -OCH3 is 1. The molecule has 2 rings (SSSR count). The van der Waals surface area contributed by atoms with Gasteiger partial charge in [0, 0.05) is 33.3 Å². The van der Waals surface area contributed by atoms with Crippen LogP contribution < -0.4 is 5.73 Å². The van der Waals surface area contributed by atoms with E-state index in [0.29, 0.717) is 0 Å². The molecule has 0 aromatic heterocycles. The number of nitrogens with zero attached hydrogens (tertiary/aromatic N) is 2. The van der Waals surface area contributed by atoms with Gasteiger partial charge in [-0.15, -0.1) is 12.4 Å². The van der Waals surface area contributed by atoms with Crippen LogP contribution in [0.4, 0.5) is 0 Å². The Bertz CT molecular complexity index is 322. The van der Waals surface area contributed by atoms with Gasteiger partial charge in [0.25, 0.3) is 0 Å². The number of ether oxygens (including phenoxy) is 1. The molecule has 2 fully saturated rings. The molecule has 124 valence electrons. The molecule has 1 amide bonds. The maximum absolute atomic E-state index is 12.7. The van der Waals surface area contributed by atoms with Gasteiger partial charge in [0.15, 0.2) is 0 Å². The maximum atomic E-state index is 12.7. The normalized spacial score (nSPS) is 23.2.